The number of unbranched alkanes of at least 4 members (excludes halogenated alkanes) is 1. The fourth-order valence-electron chi connectivity index (χ4n) is 2.57. The lowest BCUT2D eigenvalue weighted by Gasteiger charge is -2.28. The van der Waals surface area contributed by atoms with E-state index in [4.69, 9.17) is 28.0 Å². The van der Waals surface area contributed by atoms with Gasteiger partial charge in [-0.1, -0.05) is 6.42 Å². The number of hydrogen-bond donors (Lipinski definition) is 5. The molecule has 8 nitrogen and oxygen atoms in total. The Kier molecular flexibility index (Phi) is 14.3. The van der Waals surface area contributed by atoms with Crippen molar-refractivity contribution in [3.8, 4) is 0 Å². The van der Waals surface area contributed by atoms with E-state index in [0.29, 0.717) is 26.1 Å². The first kappa shape index (κ1) is 22.2. The summed E-state index contributed by atoms with van der Waals surface area (Å²) in [6.07, 6.45) is 2.58. The standard InChI is InChI=1S/C15H36N6O2/c16-5-8-20(9-6-17)11-12-21(10-7-18)13-14(19)3-1-2-4-15(22)23/h14H,1-13,16-19H2,(H,22,23). The molecule has 0 aromatic heterocycles. The molecule has 138 valence electrons. The van der Waals surface area contributed by atoms with Crippen LogP contribution >= 0.6 is 0 Å². The molecule has 0 amide bonds. The molecule has 8 heteroatoms. The third kappa shape index (κ3) is 13.4. The molecule has 0 aromatic rings. The van der Waals surface area contributed by atoms with E-state index in [1.54, 1.807) is 0 Å². The second kappa shape index (κ2) is 14.8. The van der Waals surface area contributed by atoms with E-state index in [1.807, 2.05) is 0 Å². The van der Waals surface area contributed by atoms with Gasteiger partial charge in [0, 0.05) is 71.4 Å². The van der Waals surface area contributed by atoms with E-state index in [-0.39, 0.29) is 12.5 Å². The number of carboxylic acids is 1. The molecule has 0 aliphatic heterocycles. The van der Waals surface area contributed by atoms with Gasteiger partial charge in [-0.25, -0.2) is 0 Å². The van der Waals surface area contributed by atoms with Crippen molar-refractivity contribution in [1.29, 1.82) is 0 Å². The molecule has 0 aliphatic carbocycles. The summed E-state index contributed by atoms with van der Waals surface area (Å²) in [5.74, 6) is -0.747. The van der Waals surface area contributed by atoms with Crippen LogP contribution in [0.4, 0.5) is 0 Å². The fourth-order valence-corrected chi connectivity index (χ4v) is 2.57. The molecule has 0 saturated heterocycles. The summed E-state index contributed by atoms with van der Waals surface area (Å²) in [5.41, 5.74) is 23.1. The van der Waals surface area contributed by atoms with Gasteiger partial charge in [0.1, 0.15) is 0 Å². The number of carbonyl (C=O) groups is 1. The van der Waals surface area contributed by atoms with E-state index < -0.39 is 5.97 Å². The summed E-state index contributed by atoms with van der Waals surface area (Å²) in [7, 11) is 0. The average molecular weight is 332 g/mol. The van der Waals surface area contributed by atoms with Gasteiger partial charge in [-0.05, 0) is 12.8 Å². The molecule has 1 unspecified atom stereocenters. The van der Waals surface area contributed by atoms with Crippen LogP contribution in [0.25, 0.3) is 0 Å². The van der Waals surface area contributed by atoms with Crippen LogP contribution in [0.3, 0.4) is 0 Å². The minimum atomic E-state index is -0.747. The molecule has 0 spiro atoms. The maximum Gasteiger partial charge on any atom is 0.303 e. The molecule has 0 rings (SSSR count). The zero-order chi connectivity index (χ0) is 17.5. The molecular weight excluding hydrogens is 296 g/mol. The molecular formula is C15H36N6O2. The van der Waals surface area contributed by atoms with Gasteiger partial charge in [-0.15, -0.1) is 0 Å². The van der Waals surface area contributed by atoms with Crippen LogP contribution in [0.15, 0.2) is 0 Å². The summed E-state index contributed by atoms with van der Waals surface area (Å²) in [4.78, 5) is 15.0. The topological polar surface area (TPSA) is 148 Å². The van der Waals surface area contributed by atoms with Crippen LogP contribution in [0, 0.1) is 0 Å². The van der Waals surface area contributed by atoms with E-state index >= 15 is 0 Å². The van der Waals surface area contributed by atoms with Gasteiger partial charge in [0.2, 0.25) is 0 Å². The van der Waals surface area contributed by atoms with Crippen molar-refractivity contribution in [2.24, 2.45) is 22.9 Å². The summed E-state index contributed by atoms with van der Waals surface area (Å²) in [6, 6.07) is 0.0489. The predicted octanol–water partition coefficient (Wildman–Crippen LogP) is -1.56. The van der Waals surface area contributed by atoms with Gasteiger partial charge in [0.25, 0.3) is 0 Å². The van der Waals surface area contributed by atoms with Crippen LogP contribution < -0.4 is 22.9 Å². The van der Waals surface area contributed by atoms with Crippen LogP contribution in [0.1, 0.15) is 25.7 Å². The molecule has 9 N–H and O–H groups in total. The summed E-state index contributed by atoms with van der Waals surface area (Å²) in [6.45, 7) is 6.91. The van der Waals surface area contributed by atoms with Crippen molar-refractivity contribution >= 4 is 5.97 Å². The first-order chi connectivity index (χ1) is 11.0. The Bertz CT molecular complexity index is 287. The minimum Gasteiger partial charge on any atom is -0.481 e. The van der Waals surface area contributed by atoms with Gasteiger partial charge in [-0.3, -0.25) is 14.6 Å². The van der Waals surface area contributed by atoms with E-state index in [0.717, 1.165) is 52.1 Å². The fraction of sp³-hybridized carbons (Fsp3) is 0.933. The lowest BCUT2D eigenvalue weighted by atomic mass is 10.1. The molecule has 0 aliphatic rings. The minimum absolute atomic E-state index is 0.0489. The monoisotopic (exact) mass is 332 g/mol. The number of nitrogens with zero attached hydrogens (tertiary/aromatic N) is 2. The van der Waals surface area contributed by atoms with Gasteiger partial charge in [0.15, 0.2) is 0 Å². The first-order valence-corrected chi connectivity index (χ1v) is 8.55. The highest BCUT2D eigenvalue weighted by atomic mass is 16.4. The van der Waals surface area contributed by atoms with Crippen molar-refractivity contribution in [2.45, 2.75) is 31.7 Å². The summed E-state index contributed by atoms with van der Waals surface area (Å²) < 4.78 is 0. The van der Waals surface area contributed by atoms with Gasteiger partial charge < -0.3 is 28.0 Å². The second-order valence-corrected chi connectivity index (χ2v) is 5.91. The highest BCUT2D eigenvalue weighted by molar-refractivity contribution is 5.66. The highest BCUT2D eigenvalue weighted by Crippen LogP contribution is 2.04. The summed E-state index contributed by atoms with van der Waals surface area (Å²) >= 11 is 0. The Hall–Kier alpha value is -0.770. The van der Waals surface area contributed by atoms with E-state index in [9.17, 15) is 4.79 Å². The maximum absolute atomic E-state index is 10.5. The third-order valence-electron chi connectivity index (χ3n) is 3.78. The van der Waals surface area contributed by atoms with Crippen molar-refractivity contribution in [3.63, 3.8) is 0 Å². The largest absolute Gasteiger partial charge is 0.481 e. The molecule has 1 atom stereocenters. The molecule has 0 saturated carbocycles. The van der Waals surface area contributed by atoms with Crippen LogP contribution in [-0.2, 0) is 4.79 Å². The van der Waals surface area contributed by atoms with Crippen molar-refractivity contribution in [1.82, 2.24) is 9.80 Å². The molecule has 0 heterocycles. The quantitative estimate of drug-likeness (QED) is 0.213. The number of carboxylic acid groups (broad SMARTS) is 1. The summed E-state index contributed by atoms with van der Waals surface area (Å²) in [5, 5.41) is 8.63. The average Bonchev–Trinajstić information content (AvgIpc) is 2.49. The lowest BCUT2D eigenvalue weighted by Crippen LogP contribution is -2.45. The number of nitrogens with two attached hydrogens (primary N) is 4. The Morgan fingerprint density at radius 3 is 1.91 bits per heavy atom. The van der Waals surface area contributed by atoms with Gasteiger partial charge >= 0.3 is 5.97 Å². The van der Waals surface area contributed by atoms with Crippen LogP contribution in [0.5, 0.6) is 0 Å². The molecule has 0 aromatic carbocycles. The van der Waals surface area contributed by atoms with Crippen LogP contribution in [-0.4, -0.2) is 85.8 Å². The van der Waals surface area contributed by atoms with Crippen molar-refractivity contribution < 1.29 is 9.90 Å². The number of hydrogen-bond acceptors (Lipinski definition) is 7. The molecule has 0 bridgehead atoms. The predicted molar refractivity (Wildman–Crippen MR) is 94.1 cm³/mol. The van der Waals surface area contributed by atoms with E-state index in [2.05, 4.69) is 9.80 Å². The Morgan fingerprint density at radius 2 is 1.39 bits per heavy atom. The maximum atomic E-state index is 10.5. The lowest BCUT2D eigenvalue weighted by molar-refractivity contribution is -0.137. The molecule has 23 heavy (non-hydrogen) atoms. The number of rotatable bonds is 16. The number of aliphatic carboxylic acids is 1. The van der Waals surface area contributed by atoms with Gasteiger partial charge in [-0.2, -0.15) is 0 Å². The second-order valence-electron chi connectivity index (χ2n) is 5.91. The van der Waals surface area contributed by atoms with E-state index in [1.165, 1.54) is 0 Å². The Morgan fingerprint density at radius 1 is 0.870 bits per heavy atom. The smallest absolute Gasteiger partial charge is 0.303 e. The normalized spacial score (nSPS) is 13.0. The van der Waals surface area contributed by atoms with Gasteiger partial charge in [0.05, 0.1) is 0 Å². The molecule has 0 fully saturated rings. The molecule has 0 radical (unpaired) electrons. The first-order valence-electron chi connectivity index (χ1n) is 8.55. The van der Waals surface area contributed by atoms with Crippen molar-refractivity contribution in [2.75, 3.05) is 58.9 Å². The Balaban J connectivity index is 4.09. The Labute approximate surface area is 140 Å². The SMILES string of the molecule is NCCN(CCN)CCN(CCN)CC(N)CCCCC(=O)O. The third-order valence-corrected chi connectivity index (χ3v) is 3.78. The van der Waals surface area contributed by atoms with Crippen molar-refractivity contribution in [3.05, 3.63) is 0 Å². The zero-order valence-electron chi connectivity index (χ0n) is 14.3. The van der Waals surface area contributed by atoms with Crippen LogP contribution in [0.2, 0.25) is 0 Å². The zero-order valence-corrected chi connectivity index (χ0v) is 14.3. The highest BCUT2D eigenvalue weighted by Gasteiger charge is 2.12.